The van der Waals surface area contributed by atoms with Crippen molar-refractivity contribution in [1.29, 1.82) is 0 Å². The van der Waals surface area contributed by atoms with E-state index in [4.69, 9.17) is 0 Å². The molecule has 0 spiro atoms. The molecule has 0 atom stereocenters. The quantitative estimate of drug-likeness (QED) is 0.567. The number of rotatable bonds is 6. The van der Waals surface area contributed by atoms with Gasteiger partial charge in [0.2, 0.25) is 0 Å². The molecule has 0 amide bonds. The second-order valence-electron chi connectivity index (χ2n) is 5.01. The summed E-state index contributed by atoms with van der Waals surface area (Å²) in [6.45, 7) is 0. The lowest BCUT2D eigenvalue weighted by molar-refractivity contribution is -0.676. The van der Waals surface area contributed by atoms with Crippen molar-refractivity contribution in [2.24, 2.45) is 0 Å². The Morgan fingerprint density at radius 2 is 1.50 bits per heavy atom. The number of anilines is 1. The normalized spacial score (nSPS) is 11.6. The van der Waals surface area contributed by atoms with E-state index in [2.05, 4.69) is 86.1 Å². The molecule has 5 heteroatoms. The van der Waals surface area contributed by atoms with Gasteiger partial charge in [-0.2, -0.15) is 4.57 Å². The molecule has 0 aliphatic rings. The smallest absolute Gasteiger partial charge is 0.197 e. The summed E-state index contributed by atoms with van der Waals surface area (Å²) < 4.78 is 2.21. The van der Waals surface area contributed by atoms with Gasteiger partial charge >= 0.3 is 0 Å². The summed E-state index contributed by atoms with van der Waals surface area (Å²) in [5.41, 5.74) is 1.62. The van der Waals surface area contributed by atoms with Crippen LogP contribution in [0.15, 0.2) is 24.5 Å². The third-order valence-corrected chi connectivity index (χ3v) is 4.23. The Kier molecular flexibility index (Phi) is 5.91. The van der Waals surface area contributed by atoms with Crippen molar-refractivity contribution in [2.45, 2.75) is 11.4 Å². The Labute approximate surface area is 115 Å². The van der Waals surface area contributed by atoms with Crippen molar-refractivity contribution in [3.63, 3.8) is 0 Å². The SMILES string of the molecule is CN(C)c1cc[n+](CSC(N(C)C)N(C)C)cc1. The molecule has 102 valence electrons. The molecule has 0 fully saturated rings. The topological polar surface area (TPSA) is 13.6 Å². The molecule has 1 aromatic heterocycles. The lowest BCUT2D eigenvalue weighted by Gasteiger charge is -2.28. The van der Waals surface area contributed by atoms with Gasteiger partial charge in [-0.05, 0) is 28.2 Å². The maximum Gasteiger partial charge on any atom is 0.197 e. The third-order valence-electron chi connectivity index (χ3n) is 2.65. The Hall–Kier alpha value is -0.780. The van der Waals surface area contributed by atoms with Crippen LogP contribution in [0.4, 0.5) is 5.69 Å². The van der Waals surface area contributed by atoms with Crippen LogP contribution in [-0.2, 0) is 5.88 Å². The van der Waals surface area contributed by atoms with Gasteiger partial charge in [0.1, 0.15) is 5.50 Å². The molecule has 1 aromatic rings. The van der Waals surface area contributed by atoms with Crippen molar-refractivity contribution in [1.82, 2.24) is 9.80 Å². The van der Waals surface area contributed by atoms with Crippen LogP contribution in [0.2, 0.25) is 0 Å². The molecule has 0 aliphatic heterocycles. The Morgan fingerprint density at radius 3 is 1.89 bits per heavy atom. The zero-order valence-electron chi connectivity index (χ0n) is 12.3. The Bertz CT molecular complexity index is 341. The van der Waals surface area contributed by atoms with E-state index in [0.717, 1.165) is 5.88 Å². The minimum Gasteiger partial charge on any atom is -0.377 e. The van der Waals surface area contributed by atoms with Gasteiger partial charge in [-0.25, -0.2) is 0 Å². The minimum atomic E-state index is 0.394. The van der Waals surface area contributed by atoms with Gasteiger partial charge in [0, 0.05) is 31.9 Å². The van der Waals surface area contributed by atoms with E-state index >= 15 is 0 Å². The summed E-state index contributed by atoms with van der Waals surface area (Å²) in [7, 11) is 12.6. The first-order chi connectivity index (χ1) is 8.41. The molecular weight excluding hydrogens is 244 g/mol. The first-order valence-corrected chi connectivity index (χ1v) is 7.07. The summed E-state index contributed by atoms with van der Waals surface area (Å²) in [4.78, 5) is 6.55. The fourth-order valence-electron chi connectivity index (χ4n) is 1.75. The number of thioether (sulfide) groups is 1. The summed E-state index contributed by atoms with van der Waals surface area (Å²) in [6.07, 6.45) is 4.26. The average molecular weight is 269 g/mol. The fraction of sp³-hybridized carbons (Fsp3) is 0.615. The molecule has 4 nitrogen and oxygen atoms in total. The van der Waals surface area contributed by atoms with Crippen LogP contribution in [0.25, 0.3) is 0 Å². The molecule has 1 heterocycles. The largest absolute Gasteiger partial charge is 0.377 e. The van der Waals surface area contributed by atoms with Gasteiger partial charge in [-0.15, -0.1) is 0 Å². The summed E-state index contributed by atoms with van der Waals surface area (Å²) >= 11 is 1.91. The van der Waals surface area contributed by atoms with Gasteiger partial charge < -0.3 is 4.90 Å². The zero-order valence-corrected chi connectivity index (χ0v) is 13.1. The van der Waals surface area contributed by atoms with E-state index in [9.17, 15) is 0 Å². The van der Waals surface area contributed by atoms with Gasteiger partial charge in [-0.3, -0.25) is 9.80 Å². The summed E-state index contributed by atoms with van der Waals surface area (Å²) in [5.74, 6) is 0.953. The summed E-state index contributed by atoms with van der Waals surface area (Å²) in [6, 6.07) is 4.28. The highest BCUT2D eigenvalue weighted by molar-refractivity contribution is 7.98. The number of aromatic nitrogens is 1. The van der Waals surface area contributed by atoms with Crippen LogP contribution in [0, 0.1) is 0 Å². The molecule has 1 rings (SSSR count). The highest BCUT2D eigenvalue weighted by Crippen LogP contribution is 2.15. The van der Waals surface area contributed by atoms with Crippen molar-refractivity contribution in [3.05, 3.63) is 24.5 Å². The van der Waals surface area contributed by atoms with Crippen LogP contribution in [0.1, 0.15) is 0 Å². The maximum absolute atomic E-state index is 2.22. The third kappa shape index (κ3) is 4.48. The predicted octanol–water partition coefficient (Wildman–Crippen LogP) is 1.14. The molecule has 18 heavy (non-hydrogen) atoms. The number of hydrogen-bond acceptors (Lipinski definition) is 4. The molecule has 0 radical (unpaired) electrons. The first kappa shape index (κ1) is 15.3. The molecule has 0 aliphatic carbocycles. The Morgan fingerprint density at radius 1 is 1.00 bits per heavy atom. The van der Waals surface area contributed by atoms with E-state index in [1.54, 1.807) is 0 Å². The minimum absolute atomic E-state index is 0.394. The average Bonchev–Trinajstić information content (AvgIpc) is 2.28. The zero-order chi connectivity index (χ0) is 13.7. The van der Waals surface area contributed by atoms with Crippen LogP contribution in [-0.4, -0.2) is 57.6 Å². The van der Waals surface area contributed by atoms with E-state index in [1.165, 1.54) is 5.69 Å². The van der Waals surface area contributed by atoms with Crippen LogP contribution in [0.5, 0.6) is 0 Å². The van der Waals surface area contributed by atoms with E-state index < -0.39 is 0 Å². The molecule has 0 N–H and O–H groups in total. The molecule has 0 saturated carbocycles. The number of pyridine rings is 1. The van der Waals surface area contributed by atoms with Gasteiger partial charge in [0.25, 0.3) is 0 Å². The van der Waals surface area contributed by atoms with Crippen LogP contribution in [0.3, 0.4) is 0 Å². The highest BCUT2D eigenvalue weighted by atomic mass is 32.2. The highest BCUT2D eigenvalue weighted by Gasteiger charge is 2.16. The van der Waals surface area contributed by atoms with Crippen LogP contribution < -0.4 is 9.47 Å². The monoisotopic (exact) mass is 269 g/mol. The molecular formula is C13H25N4S+. The lowest BCUT2D eigenvalue weighted by Crippen LogP contribution is -2.41. The van der Waals surface area contributed by atoms with E-state index in [1.807, 2.05) is 11.8 Å². The molecule has 0 aromatic carbocycles. The first-order valence-electron chi connectivity index (χ1n) is 6.02. The van der Waals surface area contributed by atoms with Gasteiger partial charge in [0.05, 0.1) is 0 Å². The van der Waals surface area contributed by atoms with Crippen molar-refractivity contribution >= 4 is 17.4 Å². The second kappa shape index (κ2) is 6.97. The van der Waals surface area contributed by atoms with E-state index in [0.29, 0.717) is 5.50 Å². The molecule has 0 unspecified atom stereocenters. The molecule has 0 saturated heterocycles. The maximum atomic E-state index is 2.22. The van der Waals surface area contributed by atoms with Gasteiger partial charge in [-0.1, -0.05) is 11.8 Å². The number of hydrogen-bond donors (Lipinski definition) is 0. The van der Waals surface area contributed by atoms with E-state index in [-0.39, 0.29) is 0 Å². The Balaban J connectivity index is 2.57. The number of nitrogens with zero attached hydrogens (tertiary/aromatic N) is 4. The lowest BCUT2D eigenvalue weighted by atomic mass is 10.4. The fourth-order valence-corrected chi connectivity index (χ4v) is 2.82. The summed E-state index contributed by atoms with van der Waals surface area (Å²) in [5, 5.41) is 0. The van der Waals surface area contributed by atoms with Crippen LogP contribution >= 0.6 is 11.8 Å². The predicted molar refractivity (Wildman–Crippen MR) is 79.7 cm³/mol. The van der Waals surface area contributed by atoms with Crippen molar-refractivity contribution < 1.29 is 4.57 Å². The van der Waals surface area contributed by atoms with Crippen molar-refractivity contribution in [3.8, 4) is 0 Å². The molecule has 0 bridgehead atoms. The van der Waals surface area contributed by atoms with Gasteiger partial charge in [0.15, 0.2) is 18.3 Å². The van der Waals surface area contributed by atoms with Crippen molar-refractivity contribution in [2.75, 3.05) is 47.2 Å². The standard InChI is InChI=1S/C13H25N4S/c1-14(2)12-7-9-17(10-8-12)11-18-13(15(3)4)16(5)6/h7-10,13H,11H2,1-6H3/q+1. The second-order valence-corrected chi connectivity index (χ2v) is 6.03.